The number of morpholine rings is 1. The summed E-state index contributed by atoms with van der Waals surface area (Å²) in [7, 11) is 0. The van der Waals surface area contributed by atoms with Gasteiger partial charge in [-0.15, -0.1) is 0 Å². The lowest BCUT2D eigenvalue weighted by molar-refractivity contribution is -0.126. The maximum absolute atomic E-state index is 9.39. The molecule has 3 nitrogen and oxygen atoms in total. The van der Waals surface area contributed by atoms with Gasteiger partial charge in [-0.3, -0.25) is 4.90 Å². The molecular weight excluding hydrogens is 214 g/mol. The second-order valence-corrected chi connectivity index (χ2v) is 5.30. The highest BCUT2D eigenvalue weighted by Crippen LogP contribution is 2.22. The maximum atomic E-state index is 9.39. The summed E-state index contributed by atoms with van der Waals surface area (Å²) in [6.07, 6.45) is 0. The average Bonchev–Trinajstić information content (AvgIpc) is 2.30. The highest BCUT2D eigenvalue weighted by Gasteiger charge is 2.33. The van der Waals surface area contributed by atoms with Gasteiger partial charge in [0.05, 0.1) is 24.9 Å². The molecular formula is C14H21NO2. The van der Waals surface area contributed by atoms with E-state index in [0.717, 1.165) is 13.1 Å². The van der Waals surface area contributed by atoms with Crippen molar-refractivity contribution >= 4 is 0 Å². The van der Waals surface area contributed by atoms with Gasteiger partial charge in [0, 0.05) is 13.1 Å². The first-order valence-electron chi connectivity index (χ1n) is 6.13. The summed E-state index contributed by atoms with van der Waals surface area (Å²) in [5, 5.41) is 9.39. The zero-order chi connectivity index (χ0) is 12.3. The second kappa shape index (κ2) is 5.17. The highest BCUT2D eigenvalue weighted by molar-refractivity contribution is 5.14. The largest absolute Gasteiger partial charge is 0.395 e. The van der Waals surface area contributed by atoms with E-state index in [-0.39, 0.29) is 18.2 Å². The number of hydrogen-bond acceptors (Lipinski definition) is 3. The summed E-state index contributed by atoms with van der Waals surface area (Å²) in [6.45, 7) is 6.68. The molecule has 0 saturated carbocycles. The molecule has 17 heavy (non-hydrogen) atoms. The molecule has 0 bridgehead atoms. The van der Waals surface area contributed by atoms with E-state index in [1.54, 1.807) is 0 Å². The Morgan fingerprint density at radius 2 is 2.06 bits per heavy atom. The molecule has 0 unspecified atom stereocenters. The van der Waals surface area contributed by atoms with Crippen molar-refractivity contribution in [3.63, 3.8) is 0 Å². The lowest BCUT2D eigenvalue weighted by Crippen LogP contribution is -2.54. The molecule has 1 N–H and O–H groups in total. The summed E-state index contributed by atoms with van der Waals surface area (Å²) in [4.78, 5) is 2.30. The molecule has 94 valence electrons. The highest BCUT2D eigenvalue weighted by atomic mass is 16.5. The van der Waals surface area contributed by atoms with Crippen LogP contribution in [0.1, 0.15) is 19.4 Å². The van der Waals surface area contributed by atoms with Crippen LogP contribution in [0.5, 0.6) is 0 Å². The zero-order valence-electron chi connectivity index (χ0n) is 10.6. The van der Waals surface area contributed by atoms with Crippen LogP contribution in [0, 0.1) is 0 Å². The molecule has 1 aromatic carbocycles. The van der Waals surface area contributed by atoms with Crippen LogP contribution in [0.2, 0.25) is 0 Å². The van der Waals surface area contributed by atoms with Crippen molar-refractivity contribution in [1.82, 2.24) is 4.90 Å². The number of benzene rings is 1. The Morgan fingerprint density at radius 1 is 1.35 bits per heavy atom. The smallest absolute Gasteiger partial charge is 0.0753 e. The summed E-state index contributed by atoms with van der Waals surface area (Å²) in [6, 6.07) is 10.5. The fourth-order valence-electron chi connectivity index (χ4n) is 2.26. The molecule has 1 aliphatic rings. The third kappa shape index (κ3) is 3.28. The second-order valence-electron chi connectivity index (χ2n) is 5.30. The minimum atomic E-state index is -0.125. The summed E-state index contributed by atoms with van der Waals surface area (Å²) in [5.74, 6) is 0. The summed E-state index contributed by atoms with van der Waals surface area (Å²) >= 11 is 0. The quantitative estimate of drug-likeness (QED) is 0.865. The predicted molar refractivity (Wildman–Crippen MR) is 67.8 cm³/mol. The van der Waals surface area contributed by atoms with E-state index < -0.39 is 0 Å². The van der Waals surface area contributed by atoms with Crippen LogP contribution in [0.3, 0.4) is 0 Å². The summed E-state index contributed by atoms with van der Waals surface area (Å²) < 4.78 is 5.74. The van der Waals surface area contributed by atoms with Crippen molar-refractivity contribution in [2.75, 3.05) is 19.8 Å². The number of rotatable bonds is 3. The number of aliphatic hydroxyl groups is 1. The van der Waals surface area contributed by atoms with Gasteiger partial charge in [0.2, 0.25) is 0 Å². The Bertz CT molecular complexity index is 350. The zero-order valence-corrected chi connectivity index (χ0v) is 10.6. The monoisotopic (exact) mass is 235 g/mol. The van der Waals surface area contributed by atoms with Gasteiger partial charge in [-0.1, -0.05) is 30.3 Å². The van der Waals surface area contributed by atoms with Crippen molar-refractivity contribution in [3.8, 4) is 0 Å². The molecule has 0 radical (unpaired) electrons. The van der Waals surface area contributed by atoms with Gasteiger partial charge in [-0.25, -0.2) is 0 Å². The van der Waals surface area contributed by atoms with E-state index in [9.17, 15) is 5.11 Å². The van der Waals surface area contributed by atoms with Gasteiger partial charge in [0.25, 0.3) is 0 Å². The molecule has 0 spiro atoms. The van der Waals surface area contributed by atoms with Gasteiger partial charge in [-0.2, -0.15) is 0 Å². The topological polar surface area (TPSA) is 32.7 Å². The maximum Gasteiger partial charge on any atom is 0.0753 e. The summed E-state index contributed by atoms with van der Waals surface area (Å²) in [5.41, 5.74) is 1.16. The van der Waals surface area contributed by atoms with Crippen LogP contribution in [0.25, 0.3) is 0 Å². The first-order valence-corrected chi connectivity index (χ1v) is 6.13. The third-order valence-electron chi connectivity index (χ3n) is 3.21. The minimum Gasteiger partial charge on any atom is -0.395 e. The van der Waals surface area contributed by atoms with Crippen molar-refractivity contribution in [1.29, 1.82) is 0 Å². The number of hydrogen-bond donors (Lipinski definition) is 1. The Kier molecular flexibility index (Phi) is 3.82. The molecule has 3 heteroatoms. The van der Waals surface area contributed by atoms with Crippen LogP contribution >= 0.6 is 0 Å². The SMILES string of the molecule is CC1(C)CN(Cc2ccccc2)[C@H](CO)CO1. The fraction of sp³-hybridized carbons (Fsp3) is 0.571. The predicted octanol–water partition coefficient (Wildman–Crippen LogP) is 1.66. The standard InChI is InChI=1S/C14H21NO2/c1-14(2)11-15(13(9-16)10-17-14)8-12-6-4-3-5-7-12/h3-7,13,16H,8-11H2,1-2H3/t13-/m1/s1. The molecule has 0 amide bonds. The van der Waals surface area contributed by atoms with Crippen molar-refractivity contribution in [2.24, 2.45) is 0 Å². The molecule has 0 aromatic heterocycles. The fourth-order valence-corrected chi connectivity index (χ4v) is 2.26. The lowest BCUT2D eigenvalue weighted by atomic mass is 10.0. The Hall–Kier alpha value is -0.900. The molecule has 0 aliphatic carbocycles. The van der Waals surface area contributed by atoms with Crippen molar-refractivity contribution in [2.45, 2.75) is 32.0 Å². The van der Waals surface area contributed by atoms with E-state index in [1.165, 1.54) is 5.56 Å². The normalized spacial score (nSPS) is 24.8. The molecule has 1 heterocycles. The minimum absolute atomic E-state index is 0.114. The first kappa shape index (κ1) is 12.6. The Balaban J connectivity index is 2.06. The van der Waals surface area contributed by atoms with Gasteiger partial charge < -0.3 is 9.84 Å². The van der Waals surface area contributed by atoms with Crippen LogP contribution in [-0.2, 0) is 11.3 Å². The van der Waals surface area contributed by atoms with E-state index >= 15 is 0 Å². The Morgan fingerprint density at radius 3 is 2.71 bits per heavy atom. The van der Waals surface area contributed by atoms with Crippen LogP contribution in [-0.4, -0.2) is 41.4 Å². The first-order chi connectivity index (χ1) is 8.11. The van der Waals surface area contributed by atoms with E-state index in [1.807, 2.05) is 6.07 Å². The molecule has 2 rings (SSSR count). The number of nitrogens with zero attached hydrogens (tertiary/aromatic N) is 1. The molecule has 1 atom stereocenters. The van der Waals surface area contributed by atoms with Crippen LogP contribution < -0.4 is 0 Å². The van der Waals surface area contributed by atoms with Gasteiger partial charge in [0.15, 0.2) is 0 Å². The van der Waals surface area contributed by atoms with Crippen LogP contribution in [0.15, 0.2) is 30.3 Å². The molecule has 1 aromatic rings. The molecule has 1 saturated heterocycles. The molecule has 1 fully saturated rings. The lowest BCUT2D eigenvalue weighted by Gasteiger charge is -2.43. The number of ether oxygens (including phenoxy) is 1. The molecule has 1 aliphatic heterocycles. The van der Waals surface area contributed by atoms with Crippen LogP contribution in [0.4, 0.5) is 0 Å². The average molecular weight is 235 g/mol. The third-order valence-corrected chi connectivity index (χ3v) is 3.21. The van der Waals surface area contributed by atoms with Gasteiger partial charge in [-0.05, 0) is 19.4 Å². The van der Waals surface area contributed by atoms with Crippen molar-refractivity contribution in [3.05, 3.63) is 35.9 Å². The number of aliphatic hydroxyl groups excluding tert-OH is 1. The van der Waals surface area contributed by atoms with E-state index in [2.05, 4.69) is 43.0 Å². The van der Waals surface area contributed by atoms with E-state index in [4.69, 9.17) is 4.74 Å². The van der Waals surface area contributed by atoms with Gasteiger partial charge in [0.1, 0.15) is 0 Å². The van der Waals surface area contributed by atoms with Crippen molar-refractivity contribution < 1.29 is 9.84 Å². The van der Waals surface area contributed by atoms with E-state index in [0.29, 0.717) is 6.61 Å². The van der Waals surface area contributed by atoms with Gasteiger partial charge >= 0.3 is 0 Å². The Labute approximate surface area is 103 Å².